The van der Waals surface area contributed by atoms with Gasteiger partial charge in [0, 0.05) is 11.3 Å². The van der Waals surface area contributed by atoms with Gasteiger partial charge in [-0.15, -0.1) is 17.9 Å². The zero-order chi connectivity index (χ0) is 14.4. The lowest BCUT2D eigenvalue weighted by Gasteiger charge is -2.12. The van der Waals surface area contributed by atoms with E-state index in [2.05, 4.69) is 16.9 Å². The van der Waals surface area contributed by atoms with Crippen LogP contribution in [0.3, 0.4) is 0 Å². The summed E-state index contributed by atoms with van der Waals surface area (Å²) in [5.74, 6) is -1.24. The lowest BCUT2D eigenvalue weighted by Crippen LogP contribution is -2.40. The third-order valence-electron chi connectivity index (χ3n) is 2.51. The zero-order valence-electron chi connectivity index (χ0n) is 11.0. The topological polar surface area (TPSA) is 79.3 Å². The number of nitrogens with one attached hydrogen (secondary N) is 1. The smallest absolute Gasteiger partial charge is 0.326 e. The lowest BCUT2D eigenvalue weighted by molar-refractivity contribution is -0.139. The van der Waals surface area contributed by atoms with Crippen molar-refractivity contribution in [3.8, 4) is 0 Å². The minimum absolute atomic E-state index is 0.252. The molecular weight excluding hydrogens is 264 g/mol. The fraction of sp³-hybridized carbons (Fsp3) is 0.462. The summed E-state index contributed by atoms with van der Waals surface area (Å²) in [6.45, 7) is 7.52. The van der Waals surface area contributed by atoms with Crippen LogP contribution in [0.4, 0.5) is 0 Å². The van der Waals surface area contributed by atoms with Crippen molar-refractivity contribution in [2.75, 3.05) is 0 Å². The molecule has 0 saturated carbocycles. The van der Waals surface area contributed by atoms with Crippen molar-refractivity contribution in [1.82, 2.24) is 10.3 Å². The molecular formula is C13H18N2O3S. The molecule has 1 aromatic rings. The number of carboxylic acid groups (broad SMARTS) is 1. The first-order valence-corrected chi connectivity index (χ1v) is 6.93. The summed E-state index contributed by atoms with van der Waals surface area (Å²) < 4.78 is 0. The number of carbonyl (C=O) groups is 2. The Morgan fingerprint density at radius 1 is 1.58 bits per heavy atom. The Balaban J connectivity index is 2.70. The average Bonchev–Trinajstić information content (AvgIpc) is 2.83. The average molecular weight is 282 g/mol. The van der Waals surface area contributed by atoms with E-state index in [1.54, 1.807) is 11.5 Å². The third kappa shape index (κ3) is 4.48. The molecule has 0 spiro atoms. The van der Waals surface area contributed by atoms with Gasteiger partial charge in [-0.3, -0.25) is 4.79 Å². The van der Waals surface area contributed by atoms with Crippen molar-refractivity contribution in [2.45, 2.75) is 38.6 Å². The Kier molecular flexibility index (Phi) is 5.69. The Bertz CT molecular complexity index is 468. The van der Waals surface area contributed by atoms with E-state index in [0.717, 1.165) is 5.01 Å². The van der Waals surface area contributed by atoms with Crippen molar-refractivity contribution in [3.63, 3.8) is 0 Å². The van der Waals surface area contributed by atoms with Crippen LogP contribution in [0.25, 0.3) is 0 Å². The minimum Gasteiger partial charge on any atom is -0.480 e. The van der Waals surface area contributed by atoms with E-state index in [0.29, 0.717) is 12.8 Å². The summed E-state index contributed by atoms with van der Waals surface area (Å²) in [6.07, 6.45) is 2.49. The number of aliphatic carboxylic acids is 1. The van der Waals surface area contributed by atoms with E-state index in [1.807, 2.05) is 13.8 Å². The second-order valence-corrected chi connectivity index (χ2v) is 5.35. The molecule has 1 heterocycles. The lowest BCUT2D eigenvalue weighted by atomic mass is 10.1. The minimum atomic E-state index is -1.05. The maximum Gasteiger partial charge on any atom is 0.326 e. The van der Waals surface area contributed by atoms with Crippen LogP contribution in [0.2, 0.25) is 0 Å². The number of rotatable bonds is 7. The highest BCUT2D eigenvalue weighted by atomic mass is 32.1. The molecule has 0 radical (unpaired) electrons. The molecule has 1 atom stereocenters. The van der Waals surface area contributed by atoms with Crippen LogP contribution in [0.5, 0.6) is 0 Å². The van der Waals surface area contributed by atoms with Crippen molar-refractivity contribution in [1.29, 1.82) is 0 Å². The fourth-order valence-electron chi connectivity index (χ4n) is 1.43. The second kappa shape index (κ2) is 7.04. The van der Waals surface area contributed by atoms with Gasteiger partial charge in [0.1, 0.15) is 11.7 Å². The molecule has 2 N–H and O–H groups in total. The van der Waals surface area contributed by atoms with Crippen molar-refractivity contribution in [3.05, 3.63) is 28.7 Å². The Morgan fingerprint density at radius 3 is 2.74 bits per heavy atom. The number of hydrogen-bond acceptors (Lipinski definition) is 4. The van der Waals surface area contributed by atoms with Gasteiger partial charge in [0.15, 0.2) is 0 Å². The van der Waals surface area contributed by atoms with Gasteiger partial charge >= 0.3 is 5.97 Å². The quantitative estimate of drug-likeness (QED) is 0.753. The van der Waals surface area contributed by atoms with Crippen LogP contribution < -0.4 is 5.32 Å². The van der Waals surface area contributed by atoms with Gasteiger partial charge in [-0.05, 0) is 12.8 Å². The first kappa shape index (κ1) is 15.4. The summed E-state index contributed by atoms with van der Waals surface area (Å²) in [7, 11) is 0. The number of aromatic nitrogens is 1. The summed E-state index contributed by atoms with van der Waals surface area (Å²) in [5.41, 5.74) is 0.276. The predicted octanol–water partition coefficient (Wildman–Crippen LogP) is 2.42. The molecule has 1 unspecified atom stereocenters. The second-order valence-electron chi connectivity index (χ2n) is 4.46. The highest BCUT2D eigenvalue weighted by molar-refractivity contribution is 7.09. The van der Waals surface area contributed by atoms with E-state index in [4.69, 9.17) is 5.11 Å². The van der Waals surface area contributed by atoms with Crippen LogP contribution in [0, 0.1) is 0 Å². The van der Waals surface area contributed by atoms with Gasteiger partial charge in [0.25, 0.3) is 5.91 Å². The SMILES string of the molecule is C=CCCC(NC(=O)c1csc(C(C)C)n1)C(=O)O. The van der Waals surface area contributed by atoms with Gasteiger partial charge in [0.2, 0.25) is 0 Å². The number of thiazole rings is 1. The fourth-order valence-corrected chi connectivity index (χ4v) is 2.25. The number of carbonyl (C=O) groups excluding carboxylic acids is 1. The molecule has 1 rings (SSSR count). The normalized spacial score (nSPS) is 12.2. The predicted molar refractivity (Wildman–Crippen MR) is 74.5 cm³/mol. The largest absolute Gasteiger partial charge is 0.480 e. The molecule has 6 heteroatoms. The summed E-state index contributed by atoms with van der Waals surface area (Å²) in [4.78, 5) is 27.1. The number of carboxylic acids is 1. The van der Waals surface area contributed by atoms with E-state index in [9.17, 15) is 9.59 Å². The summed E-state index contributed by atoms with van der Waals surface area (Å²) in [5, 5.41) is 14.0. The van der Waals surface area contributed by atoms with Crippen molar-refractivity contribution < 1.29 is 14.7 Å². The summed E-state index contributed by atoms with van der Waals surface area (Å²) >= 11 is 1.40. The Labute approximate surface area is 116 Å². The van der Waals surface area contributed by atoms with E-state index in [-0.39, 0.29) is 11.6 Å². The maximum absolute atomic E-state index is 11.9. The molecule has 1 amide bonds. The molecule has 19 heavy (non-hydrogen) atoms. The van der Waals surface area contributed by atoms with Crippen molar-refractivity contribution in [2.24, 2.45) is 0 Å². The molecule has 0 fully saturated rings. The van der Waals surface area contributed by atoms with Crippen LogP contribution in [-0.2, 0) is 4.79 Å². The number of allylic oxidation sites excluding steroid dienone is 1. The third-order valence-corrected chi connectivity index (χ3v) is 3.66. The van der Waals surface area contributed by atoms with E-state index in [1.165, 1.54) is 11.3 Å². The van der Waals surface area contributed by atoms with Gasteiger partial charge < -0.3 is 10.4 Å². The van der Waals surface area contributed by atoms with Gasteiger partial charge in [0.05, 0.1) is 5.01 Å². The highest BCUT2D eigenvalue weighted by Gasteiger charge is 2.21. The molecule has 5 nitrogen and oxygen atoms in total. The Hall–Kier alpha value is -1.69. The summed E-state index contributed by atoms with van der Waals surface area (Å²) in [6, 6.07) is -0.908. The number of hydrogen-bond donors (Lipinski definition) is 2. The first-order chi connectivity index (χ1) is 8.95. The molecule has 0 saturated heterocycles. The van der Waals surface area contributed by atoms with E-state index >= 15 is 0 Å². The van der Waals surface area contributed by atoms with Gasteiger partial charge in [-0.1, -0.05) is 19.9 Å². The molecule has 0 aromatic carbocycles. The Morgan fingerprint density at radius 2 is 2.26 bits per heavy atom. The molecule has 1 aromatic heterocycles. The molecule has 0 bridgehead atoms. The van der Waals surface area contributed by atoms with Crippen LogP contribution in [-0.4, -0.2) is 28.0 Å². The van der Waals surface area contributed by atoms with Crippen LogP contribution in [0.15, 0.2) is 18.0 Å². The monoisotopic (exact) mass is 282 g/mol. The maximum atomic E-state index is 11.9. The van der Waals surface area contributed by atoms with E-state index < -0.39 is 17.9 Å². The number of amides is 1. The first-order valence-electron chi connectivity index (χ1n) is 6.05. The number of nitrogens with zero attached hydrogens (tertiary/aromatic N) is 1. The zero-order valence-corrected chi connectivity index (χ0v) is 11.9. The highest BCUT2D eigenvalue weighted by Crippen LogP contribution is 2.19. The van der Waals surface area contributed by atoms with Crippen LogP contribution in [0.1, 0.15) is 48.1 Å². The molecule has 104 valence electrons. The molecule has 0 aliphatic rings. The molecule has 0 aliphatic heterocycles. The molecule has 0 aliphatic carbocycles. The van der Waals surface area contributed by atoms with Gasteiger partial charge in [-0.2, -0.15) is 0 Å². The van der Waals surface area contributed by atoms with Gasteiger partial charge in [-0.25, -0.2) is 9.78 Å². The van der Waals surface area contributed by atoms with Crippen molar-refractivity contribution >= 4 is 23.2 Å². The van der Waals surface area contributed by atoms with Crippen LogP contribution >= 0.6 is 11.3 Å². The standard InChI is InChI=1S/C13H18N2O3S/c1-4-5-6-9(13(17)18)14-11(16)10-7-19-12(15-10)8(2)3/h4,7-9H,1,5-6H2,2-3H3,(H,14,16)(H,17,18).